The van der Waals surface area contributed by atoms with E-state index in [0.717, 1.165) is 0 Å². The van der Waals surface area contributed by atoms with Crippen molar-refractivity contribution in [1.82, 2.24) is 0 Å². The molecule has 0 saturated heterocycles. The molecular formula is C11H12BF2O6-. The van der Waals surface area contributed by atoms with E-state index in [1.54, 1.807) is 0 Å². The van der Waals surface area contributed by atoms with Crippen molar-refractivity contribution >= 4 is 12.7 Å². The third kappa shape index (κ3) is 2.99. The first-order valence-electron chi connectivity index (χ1n) is 5.89. The van der Waals surface area contributed by atoms with Crippen LogP contribution in [0.4, 0.5) is 8.78 Å². The lowest BCUT2D eigenvalue weighted by atomic mass is 9.70. The fraction of sp³-hybridized carbons (Fsp3) is 0.364. The molecule has 2 rings (SSSR count). The van der Waals surface area contributed by atoms with Crippen LogP contribution in [0.15, 0.2) is 12.1 Å². The molecule has 110 valence electrons. The summed E-state index contributed by atoms with van der Waals surface area (Å²) in [4.78, 5) is 11.2. The van der Waals surface area contributed by atoms with E-state index in [4.69, 9.17) is 14.5 Å². The van der Waals surface area contributed by atoms with Gasteiger partial charge in [0.15, 0.2) is 0 Å². The van der Waals surface area contributed by atoms with Crippen LogP contribution < -0.4 is 9.39 Å². The van der Waals surface area contributed by atoms with Crippen LogP contribution in [0.2, 0.25) is 6.32 Å². The molecule has 1 heterocycles. The van der Waals surface area contributed by atoms with Crippen molar-refractivity contribution in [2.24, 2.45) is 0 Å². The molecule has 0 aromatic heterocycles. The molecule has 0 radical (unpaired) electrons. The van der Waals surface area contributed by atoms with Crippen molar-refractivity contribution < 1.29 is 38.1 Å². The molecule has 3 N–H and O–H groups in total. The summed E-state index contributed by atoms with van der Waals surface area (Å²) in [7, 11) is 0. The van der Waals surface area contributed by atoms with Gasteiger partial charge < -0.3 is 24.5 Å². The number of aromatic carboxylic acids is 1. The van der Waals surface area contributed by atoms with Crippen molar-refractivity contribution in [1.29, 1.82) is 0 Å². The number of hydrogen-bond donors (Lipinski definition) is 3. The molecule has 1 aliphatic rings. The normalized spacial score (nSPS) is 16.4. The molecule has 0 saturated carbocycles. The minimum absolute atomic E-state index is 0.0662. The van der Waals surface area contributed by atoms with E-state index in [-0.39, 0.29) is 24.2 Å². The lowest BCUT2D eigenvalue weighted by Crippen LogP contribution is -2.45. The molecule has 0 fully saturated rings. The summed E-state index contributed by atoms with van der Waals surface area (Å²) >= 11 is 0. The predicted octanol–water partition coefficient (Wildman–Crippen LogP) is 0.887. The average Bonchev–Trinajstić information content (AvgIpc) is 2.33. The summed E-state index contributed by atoms with van der Waals surface area (Å²) < 4.78 is 33.9. The van der Waals surface area contributed by atoms with Crippen LogP contribution in [0.1, 0.15) is 15.9 Å². The highest BCUT2D eigenvalue weighted by atomic mass is 19.3. The molecule has 1 aromatic carbocycles. The van der Waals surface area contributed by atoms with E-state index in [9.17, 15) is 23.6 Å². The number of aryl methyl sites for hydroxylation is 1. The van der Waals surface area contributed by atoms with Gasteiger partial charge in [0.2, 0.25) is 0 Å². The average molecular weight is 289 g/mol. The van der Waals surface area contributed by atoms with Gasteiger partial charge in [-0.3, -0.25) is 0 Å². The Kier molecular flexibility index (Phi) is 3.82. The van der Waals surface area contributed by atoms with Gasteiger partial charge in [-0.05, 0) is 18.1 Å². The first-order chi connectivity index (χ1) is 9.30. The molecular weight excluding hydrogens is 277 g/mol. The molecule has 0 aliphatic carbocycles. The fourth-order valence-corrected chi connectivity index (χ4v) is 2.01. The highest BCUT2D eigenvalue weighted by Gasteiger charge is 2.32. The number of alkyl halides is 2. The summed E-state index contributed by atoms with van der Waals surface area (Å²) in [6.07, 6.45) is -2.62. The number of hydrogen-bond acceptors (Lipinski definition) is 5. The van der Waals surface area contributed by atoms with Gasteiger partial charge in [0, 0.05) is 0 Å². The Hall–Kier alpha value is -1.87. The predicted molar refractivity (Wildman–Crippen MR) is 64.2 cm³/mol. The number of rotatable bonds is 4. The zero-order chi connectivity index (χ0) is 14.9. The maximum atomic E-state index is 12.1. The number of fused-ring (bicyclic) bond motifs is 1. The van der Waals surface area contributed by atoms with Crippen molar-refractivity contribution in [3.8, 4) is 11.5 Å². The summed E-state index contributed by atoms with van der Waals surface area (Å²) in [5.74, 6) is -2.01. The number of ether oxygens (including phenoxy) is 1. The summed E-state index contributed by atoms with van der Waals surface area (Å²) in [6, 6.07) is 2.71. The first kappa shape index (κ1) is 14.5. The smallest absolute Gasteiger partial charge is 0.430 e. The number of carboxylic acids is 1. The van der Waals surface area contributed by atoms with Crippen molar-refractivity contribution in [3.05, 3.63) is 23.3 Å². The Morgan fingerprint density at radius 1 is 1.45 bits per heavy atom. The van der Waals surface area contributed by atoms with E-state index < -0.39 is 31.3 Å². The third-order valence-electron chi connectivity index (χ3n) is 2.88. The van der Waals surface area contributed by atoms with Crippen LogP contribution in [0, 0.1) is 0 Å². The Balaban J connectivity index is 2.43. The van der Waals surface area contributed by atoms with Gasteiger partial charge in [0.25, 0.3) is 6.43 Å². The van der Waals surface area contributed by atoms with Crippen LogP contribution in [0.5, 0.6) is 11.5 Å². The fourth-order valence-electron chi connectivity index (χ4n) is 2.01. The van der Waals surface area contributed by atoms with Gasteiger partial charge in [-0.15, -0.1) is 0 Å². The Bertz CT molecular complexity index is 534. The van der Waals surface area contributed by atoms with Crippen molar-refractivity contribution in [2.75, 3.05) is 6.61 Å². The molecule has 0 amide bonds. The molecule has 0 spiro atoms. The van der Waals surface area contributed by atoms with Crippen LogP contribution in [-0.2, 0) is 6.42 Å². The maximum Gasteiger partial charge on any atom is 0.430 e. The van der Waals surface area contributed by atoms with Gasteiger partial charge in [-0.2, -0.15) is 0 Å². The van der Waals surface area contributed by atoms with Crippen LogP contribution in [0.25, 0.3) is 0 Å². The summed E-state index contributed by atoms with van der Waals surface area (Å²) in [5, 5.41) is 28.1. The molecule has 0 unspecified atom stereocenters. The van der Waals surface area contributed by atoms with Crippen LogP contribution in [-0.4, -0.2) is 40.9 Å². The van der Waals surface area contributed by atoms with E-state index in [1.807, 2.05) is 0 Å². The van der Waals surface area contributed by atoms with Gasteiger partial charge in [-0.1, -0.05) is 12.4 Å². The molecule has 1 aliphatic heterocycles. The molecule has 0 atom stereocenters. The SMILES string of the molecule is O=C(O)c1c(OCC(F)F)ccc2c1O[B-](O)(O)CC2. The second kappa shape index (κ2) is 5.26. The highest BCUT2D eigenvalue weighted by Crippen LogP contribution is 2.38. The zero-order valence-electron chi connectivity index (χ0n) is 10.3. The van der Waals surface area contributed by atoms with E-state index >= 15 is 0 Å². The second-order valence-electron chi connectivity index (χ2n) is 4.45. The second-order valence-corrected chi connectivity index (χ2v) is 4.45. The minimum atomic E-state index is -3.15. The Morgan fingerprint density at radius 2 is 2.15 bits per heavy atom. The standard InChI is InChI=1S/C11H12BF2O6/c13-8(14)5-19-7-2-1-6-3-4-12(17,18)20-10(6)9(7)11(15)16/h1-2,8,17-18H,3-5H2,(H,15,16)/q-1. The van der Waals surface area contributed by atoms with Crippen LogP contribution >= 0.6 is 0 Å². The third-order valence-corrected chi connectivity index (χ3v) is 2.88. The summed E-state index contributed by atoms with van der Waals surface area (Å²) in [6.45, 7) is -4.11. The molecule has 9 heteroatoms. The number of halogens is 2. The van der Waals surface area contributed by atoms with Gasteiger partial charge in [-0.25, -0.2) is 13.6 Å². The quantitative estimate of drug-likeness (QED) is 0.712. The van der Waals surface area contributed by atoms with Crippen molar-refractivity contribution in [2.45, 2.75) is 19.2 Å². The zero-order valence-corrected chi connectivity index (χ0v) is 10.3. The van der Waals surface area contributed by atoms with Crippen LogP contribution in [0.3, 0.4) is 0 Å². The topological polar surface area (TPSA) is 96.2 Å². The Labute approximate surface area is 112 Å². The number of carbonyl (C=O) groups is 1. The van der Waals surface area contributed by atoms with E-state index in [2.05, 4.69) is 0 Å². The first-order valence-corrected chi connectivity index (χ1v) is 5.89. The maximum absolute atomic E-state index is 12.1. The number of carboxylic acid groups (broad SMARTS) is 1. The van der Waals surface area contributed by atoms with Crippen molar-refractivity contribution in [3.63, 3.8) is 0 Å². The van der Waals surface area contributed by atoms with Gasteiger partial charge in [0.05, 0.1) is 5.75 Å². The van der Waals surface area contributed by atoms with E-state index in [0.29, 0.717) is 5.56 Å². The van der Waals surface area contributed by atoms with Gasteiger partial charge >= 0.3 is 12.7 Å². The molecule has 0 bridgehead atoms. The monoisotopic (exact) mass is 289 g/mol. The summed E-state index contributed by atoms with van der Waals surface area (Å²) in [5.41, 5.74) is -0.0374. The number of benzene rings is 1. The lowest BCUT2D eigenvalue weighted by molar-refractivity contribution is 0.0659. The molecule has 1 aromatic rings. The largest absolute Gasteiger partial charge is 0.669 e. The lowest BCUT2D eigenvalue weighted by Gasteiger charge is -2.37. The molecule has 6 nitrogen and oxygen atoms in total. The Morgan fingerprint density at radius 3 is 2.75 bits per heavy atom. The van der Waals surface area contributed by atoms with Gasteiger partial charge in [0.1, 0.15) is 17.9 Å². The molecule has 20 heavy (non-hydrogen) atoms. The van der Waals surface area contributed by atoms with E-state index in [1.165, 1.54) is 12.1 Å². The highest BCUT2D eigenvalue weighted by molar-refractivity contribution is 6.59. The minimum Gasteiger partial charge on any atom is -0.669 e.